The summed E-state index contributed by atoms with van der Waals surface area (Å²) in [6.45, 7) is 0.145. The van der Waals surface area contributed by atoms with Crippen LogP contribution in [-0.2, 0) is 18.5 Å². The normalized spacial score (nSPS) is 11.7. The van der Waals surface area contributed by atoms with Crippen molar-refractivity contribution in [2.45, 2.75) is 6.61 Å². The maximum absolute atomic E-state index is 9.96. The quantitative estimate of drug-likeness (QED) is 0.433. The van der Waals surface area contributed by atoms with Gasteiger partial charge in [0.2, 0.25) is 5.82 Å². The SMILES string of the molecule is Cn1nnnc1/C(=N\OCc1ccc2cccc(O)c2n1)c1ccccc1. The number of aryl methyl sites for hydroxylation is 1. The molecule has 8 heteroatoms. The van der Waals surface area contributed by atoms with E-state index < -0.39 is 0 Å². The van der Waals surface area contributed by atoms with Crippen LogP contribution in [0.15, 0.2) is 65.8 Å². The van der Waals surface area contributed by atoms with Gasteiger partial charge in [0.15, 0.2) is 12.3 Å². The molecule has 1 N–H and O–H groups in total. The molecule has 27 heavy (non-hydrogen) atoms. The van der Waals surface area contributed by atoms with Gasteiger partial charge in [-0.15, -0.1) is 5.10 Å². The predicted molar refractivity (Wildman–Crippen MR) is 99.1 cm³/mol. The van der Waals surface area contributed by atoms with E-state index in [2.05, 4.69) is 25.7 Å². The van der Waals surface area contributed by atoms with Crippen molar-refractivity contribution in [2.75, 3.05) is 0 Å². The first-order chi connectivity index (χ1) is 13.2. The fourth-order valence-electron chi connectivity index (χ4n) is 2.66. The number of nitrogens with zero attached hydrogens (tertiary/aromatic N) is 6. The minimum absolute atomic E-state index is 0.132. The Morgan fingerprint density at radius 2 is 1.93 bits per heavy atom. The van der Waals surface area contributed by atoms with E-state index >= 15 is 0 Å². The Hall–Kier alpha value is -3.81. The van der Waals surface area contributed by atoms with Crippen LogP contribution in [0.2, 0.25) is 0 Å². The molecule has 0 saturated carbocycles. The summed E-state index contributed by atoms with van der Waals surface area (Å²) >= 11 is 0. The Morgan fingerprint density at radius 1 is 1.07 bits per heavy atom. The predicted octanol–water partition coefficient (Wildman–Crippen LogP) is 2.43. The second-order valence-electron chi connectivity index (χ2n) is 5.86. The summed E-state index contributed by atoms with van der Waals surface area (Å²) in [5.74, 6) is 0.623. The number of aromatic hydroxyl groups is 1. The van der Waals surface area contributed by atoms with Crippen LogP contribution in [0.5, 0.6) is 5.75 Å². The Bertz CT molecular complexity index is 1110. The Balaban J connectivity index is 1.61. The third-order valence-electron chi connectivity index (χ3n) is 4.00. The second kappa shape index (κ2) is 7.20. The highest BCUT2D eigenvalue weighted by Gasteiger charge is 2.14. The van der Waals surface area contributed by atoms with E-state index in [1.54, 1.807) is 19.2 Å². The van der Waals surface area contributed by atoms with Crippen molar-refractivity contribution in [3.63, 3.8) is 0 Å². The van der Waals surface area contributed by atoms with Crippen molar-refractivity contribution in [1.29, 1.82) is 0 Å². The van der Waals surface area contributed by atoms with Gasteiger partial charge in [0, 0.05) is 18.0 Å². The summed E-state index contributed by atoms with van der Waals surface area (Å²) in [6.07, 6.45) is 0. The molecule has 0 fully saturated rings. The molecule has 4 rings (SSSR count). The van der Waals surface area contributed by atoms with Crippen molar-refractivity contribution >= 4 is 16.6 Å². The first kappa shape index (κ1) is 16.6. The number of phenolic OH excluding ortho intramolecular Hbond substituents is 1. The van der Waals surface area contributed by atoms with Gasteiger partial charge in [-0.3, -0.25) is 0 Å². The van der Waals surface area contributed by atoms with E-state index in [4.69, 9.17) is 4.84 Å². The first-order valence-electron chi connectivity index (χ1n) is 8.28. The molecule has 134 valence electrons. The highest BCUT2D eigenvalue weighted by atomic mass is 16.6. The Kier molecular flexibility index (Phi) is 4.44. The van der Waals surface area contributed by atoms with E-state index in [-0.39, 0.29) is 12.4 Å². The monoisotopic (exact) mass is 360 g/mol. The molecule has 0 unspecified atom stereocenters. The standard InChI is InChI=1S/C19H16N6O2/c1-25-19(21-23-24-25)18(13-6-3-2-4-7-13)22-27-12-15-11-10-14-8-5-9-16(26)17(14)20-15/h2-11,26H,12H2,1H3/b22-18-. The summed E-state index contributed by atoms with van der Waals surface area (Å²) in [4.78, 5) is 9.97. The van der Waals surface area contributed by atoms with Crippen molar-refractivity contribution < 1.29 is 9.94 Å². The number of phenols is 1. The van der Waals surface area contributed by atoms with E-state index in [9.17, 15) is 5.11 Å². The third kappa shape index (κ3) is 3.45. The Morgan fingerprint density at radius 3 is 2.70 bits per heavy atom. The summed E-state index contributed by atoms with van der Waals surface area (Å²) < 4.78 is 1.53. The average Bonchev–Trinajstić information content (AvgIpc) is 3.12. The number of rotatable bonds is 5. The first-order valence-corrected chi connectivity index (χ1v) is 8.28. The highest BCUT2D eigenvalue weighted by Crippen LogP contribution is 2.22. The second-order valence-corrected chi connectivity index (χ2v) is 5.86. The number of benzene rings is 2. The number of tetrazole rings is 1. The minimum Gasteiger partial charge on any atom is -0.506 e. The summed E-state index contributed by atoms with van der Waals surface area (Å²) in [7, 11) is 1.74. The molecular weight excluding hydrogens is 344 g/mol. The van der Waals surface area contributed by atoms with Crippen molar-refractivity contribution in [1.82, 2.24) is 25.2 Å². The maximum atomic E-state index is 9.96. The number of aromatic nitrogens is 5. The molecule has 0 aliphatic carbocycles. The van der Waals surface area contributed by atoms with Crippen LogP contribution in [-0.4, -0.2) is 36.0 Å². The number of pyridine rings is 1. The Labute approximate surface area is 154 Å². The number of para-hydroxylation sites is 1. The van der Waals surface area contributed by atoms with Gasteiger partial charge in [-0.05, 0) is 22.6 Å². The van der Waals surface area contributed by atoms with Gasteiger partial charge >= 0.3 is 0 Å². The zero-order chi connectivity index (χ0) is 18.6. The maximum Gasteiger partial charge on any atom is 0.204 e. The fourth-order valence-corrected chi connectivity index (χ4v) is 2.66. The van der Waals surface area contributed by atoms with Crippen molar-refractivity contribution in [2.24, 2.45) is 12.2 Å². The lowest BCUT2D eigenvalue weighted by Gasteiger charge is -2.06. The fraction of sp³-hybridized carbons (Fsp3) is 0.105. The van der Waals surface area contributed by atoms with Crippen molar-refractivity contribution in [3.8, 4) is 5.75 Å². The van der Waals surface area contributed by atoms with Crippen LogP contribution in [0.4, 0.5) is 0 Å². The van der Waals surface area contributed by atoms with Gasteiger partial charge in [-0.1, -0.05) is 53.7 Å². The molecule has 8 nitrogen and oxygen atoms in total. The van der Waals surface area contributed by atoms with Gasteiger partial charge in [0.1, 0.15) is 11.3 Å². The number of oxime groups is 1. The molecule has 0 bridgehead atoms. The van der Waals surface area contributed by atoms with Crippen LogP contribution in [0, 0.1) is 0 Å². The zero-order valence-electron chi connectivity index (χ0n) is 14.5. The average molecular weight is 360 g/mol. The molecule has 2 heterocycles. The van der Waals surface area contributed by atoms with Gasteiger partial charge < -0.3 is 9.94 Å². The van der Waals surface area contributed by atoms with E-state index in [1.807, 2.05) is 48.5 Å². The molecular formula is C19H16N6O2. The summed E-state index contributed by atoms with van der Waals surface area (Å²) in [5.41, 5.74) is 2.53. The van der Waals surface area contributed by atoms with E-state index in [0.717, 1.165) is 10.9 Å². The van der Waals surface area contributed by atoms with Gasteiger partial charge in [-0.25, -0.2) is 9.67 Å². The number of hydrogen-bond donors (Lipinski definition) is 1. The van der Waals surface area contributed by atoms with E-state index in [1.165, 1.54) is 4.68 Å². The molecule has 0 aliphatic heterocycles. The van der Waals surface area contributed by atoms with Gasteiger partial charge in [0.25, 0.3) is 0 Å². The zero-order valence-corrected chi connectivity index (χ0v) is 14.5. The van der Waals surface area contributed by atoms with Crippen LogP contribution >= 0.6 is 0 Å². The molecule has 0 radical (unpaired) electrons. The minimum atomic E-state index is 0.132. The van der Waals surface area contributed by atoms with Gasteiger partial charge in [0.05, 0.1) is 5.69 Å². The molecule has 2 aromatic heterocycles. The molecule has 0 spiro atoms. The molecule has 0 atom stereocenters. The van der Waals surface area contributed by atoms with Gasteiger partial charge in [-0.2, -0.15) is 0 Å². The summed E-state index contributed by atoms with van der Waals surface area (Å²) in [5, 5.41) is 26.6. The molecule has 0 aliphatic rings. The smallest absolute Gasteiger partial charge is 0.204 e. The topological polar surface area (TPSA) is 98.3 Å². The molecule has 4 aromatic rings. The molecule has 0 saturated heterocycles. The highest BCUT2D eigenvalue weighted by molar-refractivity contribution is 6.10. The van der Waals surface area contributed by atoms with Crippen LogP contribution in [0.3, 0.4) is 0 Å². The summed E-state index contributed by atoms with van der Waals surface area (Å²) in [6, 6.07) is 18.5. The molecule has 0 amide bonds. The van der Waals surface area contributed by atoms with Crippen molar-refractivity contribution in [3.05, 3.63) is 77.7 Å². The number of fused-ring (bicyclic) bond motifs is 1. The lowest BCUT2D eigenvalue weighted by atomic mass is 10.1. The largest absolute Gasteiger partial charge is 0.506 e. The lowest BCUT2D eigenvalue weighted by molar-refractivity contribution is 0.128. The van der Waals surface area contributed by atoms with Crippen LogP contribution in [0.1, 0.15) is 17.1 Å². The molecule has 2 aromatic carbocycles. The van der Waals surface area contributed by atoms with Crippen LogP contribution < -0.4 is 0 Å². The number of hydrogen-bond acceptors (Lipinski definition) is 7. The third-order valence-corrected chi connectivity index (χ3v) is 4.00. The van der Waals surface area contributed by atoms with E-state index in [0.29, 0.717) is 22.7 Å². The lowest BCUT2D eigenvalue weighted by Crippen LogP contribution is -2.12. The van der Waals surface area contributed by atoms with Crippen LogP contribution in [0.25, 0.3) is 10.9 Å².